The number of carbonyl (C=O) groups is 2. The first-order valence-corrected chi connectivity index (χ1v) is 9.94. The molecule has 0 bridgehead atoms. The SMILES string of the molecule is O=C1C(=O)N(Cc2cccs2)C(c2ccco2)/C1=C(/O)c1c[nH]c2ccccc12. The van der Waals surface area contributed by atoms with Crippen molar-refractivity contribution in [2.24, 2.45) is 0 Å². The molecule has 1 amide bonds. The maximum absolute atomic E-state index is 13.0. The van der Waals surface area contributed by atoms with E-state index in [1.165, 1.54) is 22.5 Å². The summed E-state index contributed by atoms with van der Waals surface area (Å²) in [5, 5.41) is 13.8. The van der Waals surface area contributed by atoms with Crippen LogP contribution in [0.1, 0.15) is 22.2 Å². The number of para-hydroxylation sites is 1. The van der Waals surface area contributed by atoms with Crippen LogP contribution in [0.3, 0.4) is 0 Å². The van der Waals surface area contributed by atoms with Crippen LogP contribution in [-0.4, -0.2) is 26.7 Å². The molecule has 1 saturated heterocycles. The molecule has 144 valence electrons. The predicted molar refractivity (Wildman–Crippen MR) is 109 cm³/mol. The van der Waals surface area contributed by atoms with Gasteiger partial charge in [-0.05, 0) is 29.6 Å². The van der Waals surface area contributed by atoms with E-state index in [4.69, 9.17) is 4.42 Å². The fourth-order valence-electron chi connectivity index (χ4n) is 3.77. The van der Waals surface area contributed by atoms with Gasteiger partial charge in [0.1, 0.15) is 17.6 Å². The van der Waals surface area contributed by atoms with Crippen LogP contribution in [0.2, 0.25) is 0 Å². The van der Waals surface area contributed by atoms with E-state index in [1.54, 1.807) is 18.3 Å². The Balaban J connectivity index is 1.68. The van der Waals surface area contributed by atoms with Crippen molar-refractivity contribution < 1.29 is 19.1 Å². The number of fused-ring (bicyclic) bond motifs is 1. The number of Topliss-reactive ketones (excluding diaryl/α,β-unsaturated/α-hetero) is 1. The van der Waals surface area contributed by atoms with Crippen LogP contribution in [0.25, 0.3) is 16.7 Å². The summed E-state index contributed by atoms with van der Waals surface area (Å²) in [4.78, 5) is 31.3. The van der Waals surface area contributed by atoms with E-state index in [2.05, 4.69) is 4.98 Å². The summed E-state index contributed by atoms with van der Waals surface area (Å²) < 4.78 is 5.55. The fraction of sp³-hybridized carbons (Fsp3) is 0.0909. The second-order valence-electron chi connectivity index (χ2n) is 6.77. The van der Waals surface area contributed by atoms with Crippen molar-refractivity contribution in [3.05, 3.63) is 88.1 Å². The molecule has 1 aliphatic rings. The number of ketones is 1. The maximum atomic E-state index is 13.0. The number of hydrogen-bond donors (Lipinski definition) is 2. The third-order valence-corrected chi connectivity index (χ3v) is 5.96. The number of carbonyl (C=O) groups excluding carboxylic acids is 2. The number of thiophene rings is 1. The molecule has 5 rings (SSSR count). The molecule has 29 heavy (non-hydrogen) atoms. The number of aliphatic hydroxyl groups excluding tert-OH is 1. The van der Waals surface area contributed by atoms with E-state index in [0.717, 1.165) is 15.8 Å². The molecule has 1 aliphatic heterocycles. The van der Waals surface area contributed by atoms with E-state index >= 15 is 0 Å². The first kappa shape index (κ1) is 17.5. The van der Waals surface area contributed by atoms with Gasteiger partial charge in [-0.3, -0.25) is 9.59 Å². The number of benzene rings is 1. The Kier molecular flexibility index (Phi) is 4.10. The Bertz CT molecular complexity index is 1240. The maximum Gasteiger partial charge on any atom is 0.296 e. The smallest absolute Gasteiger partial charge is 0.296 e. The lowest BCUT2D eigenvalue weighted by Gasteiger charge is -2.22. The van der Waals surface area contributed by atoms with Crippen LogP contribution in [0.5, 0.6) is 0 Å². The number of aromatic nitrogens is 1. The number of likely N-dealkylation sites (tertiary alicyclic amines) is 1. The minimum absolute atomic E-state index is 0.0336. The molecule has 1 aromatic carbocycles. The van der Waals surface area contributed by atoms with Gasteiger partial charge in [0.25, 0.3) is 11.7 Å². The van der Waals surface area contributed by atoms with Crippen molar-refractivity contribution in [2.45, 2.75) is 12.6 Å². The lowest BCUT2D eigenvalue weighted by atomic mass is 9.99. The average molecular weight is 404 g/mol. The second kappa shape index (κ2) is 6.79. The van der Waals surface area contributed by atoms with Crippen molar-refractivity contribution in [3.8, 4) is 0 Å². The standard InChI is InChI=1S/C22H16N2O4S/c25-20(15-11-23-16-7-2-1-6-14(15)16)18-19(17-8-3-9-28-17)24(22(27)21(18)26)12-13-5-4-10-29-13/h1-11,19,23,25H,12H2/b20-18-. The summed E-state index contributed by atoms with van der Waals surface area (Å²) in [6.07, 6.45) is 3.14. The molecule has 4 heterocycles. The molecule has 2 N–H and O–H groups in total. The number of aliphatic hydroxyl groups is 1. The number of aromatic amines is 1. The average Bonchev–Trinajstić information content (AvgIpc) is 3.52. The van der Waals surface area contributed by atoms with E-state index in [1.807, 2.05) is 41.8 Å². The fourth-order valence-corrected chi connectivity index (χ4v) is 4.47. The molecule has 0 spiro atoms. The summed E-state index contributed by atoms with van der Waals surface area (Å²) in [6, 6.07) is 13.9. The van der Waals surface area contributed by atoms with E-state index in [9.17, 15) is 14.7 Å². The van der Waals surface area contributed by atoms with Gasteiger partial charge in [-0.2, -0.15) is 0 Å². The first-order chi connectivity index (χ1) is 14.1. The Morgan fingerprint density at radius 3 is 2.76 bits per heavy atom. The van der Waals surface area contributed by atoms with Gasteiger partial charge < -0.3 is 19.4 Å². The lowest BCUT2D eigenvalue weighted by molar-refractivity contribution is -0.140. The molecule has 0 radical (unpaired) electrons. The summed E-state index contributed by atoms with van der Waals surface area (Å²) in [7, 11) is 0. The quantitative estimate of drug-likeness (QED) is 0.299. The van der Waals surface area contributed by atoms with Gasteiger partial charge in [0.15, 0.2) is 0 Å². The third-order valence-electron chi connectivity index (χ3n) is 5.10. The number of H-pyrrole nitrogens is 1. The molecule has 0 saturated carbocycles. The van der Waals surface area contributed by atoms with Crippen LogP contribution in [0.4, 0.5) is 0 Å². The molecule has 6 nitrogen and oxygen atoms in total. The predicted octanol–water partition coefficient (Wildman–Crippen LogP) is 4.44. The zero-order valence-electron chi connectivity index (χ0n) is 15.2. The van der Waals surface area contributed by atoms with Crippen molar-refractivity contribution in [2.75, 3.05) is 0 Å². The number of furan rings is 1. The van der Waals surface area contributed by atoms with E-state index < -0.39 is 17.7 Å². The highest BCUT2D eigenvalue weighted by molar-refractivity contribution is 7.09. The highest BCUT2D eigenvalue weighted by atomic mass is 32.1. The molecular formula is C22H16N2O4S. The molecular weight excluding hydrogens is 388 g/mol. The molecule has 1 fully saturated rings. The summed E-state index contributed by atoms with van der Waals surface area (Å²) in [5.74, 6) is -1.15. The Morgan fingerprint density at radius 1 is 1.14 bits per heavy atom. The second-order valence-corrected chi connectivity index (χ2v) is 7.80. The zero-order chi connectivity index (χ0) is 20.0. The van der Waals surface area contributed by atoms with Crippen LogP contribution in [-0.2, 0) is 16.1 Å². The van der Waals surface area contributed by atoms with Crippen LogP contribution < -0.4 is 0 Å². The van der Waals surface area contributed by atoms with Crippen LogP contribution in [0.15, 0.2) is 76.4 Å². The van der Waals surface area contributed by atoms with Crippen LogP contribution >= 0.6 is 11.3 Å². The molecule has 1 unspecified atom stereocenters. The minimum Gasteiger partial charge on any atom is -0.507 e. The lowest BCUT2D eigenvalue weighted by Crippen LogP contribution is -2.28. The third kappa shape index (κ3) is 2.78. The molecule has 4 aromatic rings. The van der Waals surface area contributed by atoms with Gasteiger partial charge in [-0.25, -0.2) is 0 Å². The highest BCUT2D eigenvalue weighted by Gasteiger charge is 2.47. The molecule has 3 aromatic heterocycles. The van der Waals surface area contributed by atoms with E-state index in [0.29, 0.717) is 11.3 Å². The summed E-state index contributed by atoms with van der Waals surface area (Å²) in [6.45, 7) is 0.262. The number of hydrogen-bond acceptors (Lipinski definition) is 5. The van der Waals surface area contributed by atoms with Crippen molar-refractivity contribution in [1.29, 1.82) is 0 Å². The summed E-state index contributed by atoms with van der Waals surface area (Å²) >= 11 is 1.50. The largest absolute Gasteiger partial charge is 0.507 e. The Labute approximate surface area is 169 Å². The molecule has 7 heteroatoms. The Hall–Kier alpha value is -3.58. The van der Waals surface area contributed by atoms with Gasteiger partial charge in [0.2, 0.25) is 0 Å². The van der Waals surface area contributed by atoms with Gasteiger partial charge in [0.05, 0.1) is 18.4 Å². The number of nitrogens with zero attached hydrogens (tertiary/aromatic N) is 1. The number of nitrogens with one attached hydrogen (secondary N) is 1. The minimum atomic E-state index is -0.791. The van der Waals surface area contributed by atoms with Gasteiger partial charge in [-0.1, -0.05) is 24.3 Å². The van der Waals surface area contributed by atoms with E-state index in [-0.39, 0.29) is 17.9 Å². The number of amides is 1. The van der Waals surface area contributed by atoms with Crippen molar-refractivity contribution in [1.82, 2.24) is 9.88 Å². The first-order valence-electron chi connectivity index (χ1n) is 9.06. The monoisotopic (exact) mass is 404 g/mol. The highest BCUT2D eigenvalue weighted by Crippen LogP contribution is 2.41. The normalized spacial score (nSPS) is 18.8. The number of rotatable bonds is 4. The Morgan fingerprint density at radius 2 is 2.00 bits per heavy atom. The van der Waals surface area contributed by atoms with Crippen molar-refractivity contribution in [3.63, 3.8) is 0 Å². The topological polar surface area (TPSA) is 86.5 Å². The molecule has 1 atom stereocenters. The van der Waals surface area contributed by atoms with Gasteiger partial charge in [-0.15, -0.1) is 11.3 Å². The summed E-state index contributed by atoms with van der Waals surface area (Å²) in [5.41, 5.74) is 1.34. The van der Waals surface area contributed by atoms with Gasteiger partial charge in [0, 0.05) is 27.5 Å². The van der Waals surface area contributed by atoms with Crippen molar-refractivity contribution >= 4 is 39.7 Å². The molecule has 0 aliphatic carbocycles. The van der Waals surface area contributed by atoms with Gasteiger partial charge >= 0.3 is 0 Å². The van der Waals surface area contributed by atoms with Crippen LogP contribution in [0, 0.1) is 0 Å². The zero-order valence-corrected chi connectivity index (χ0v) is 16.0.